The first-order valence-corrected chi connectivity index (χ1v) is 5.36. The smallest absolute Gasteiger partial charge is 0.137 e. The molecule has 1 aromatic rings. The van der Waals surface area contributed by atoms with Crippen molar-refractivity contribution in [2.24, 2.45) is 5.73 Å². The van der Waals surface area contributed by atoms with Gasteiger partial charge in [0.15, 0.2) is 0 Å². The summed E-state index contributed by atoms with van der Waals surface area (Å²) in [5.74, 6) is 0.753. The lowest BCUT2D eigenvalue weighted by atomic mass is 10.1. The fraction of sp³-hybridized carbons (Fsp3) is 0.500. The molecule has 0 heterocycles. The van der Waals surface area contributed by atoms with E-state index in [4.69, 9.17) is 10.5 Å². The molecule has 2 atom stereocenters. The van der Waals surface area contributed by atoms with E-state index in [-0.39, 0.29) is 18.8 Å². The standard InChI is InChI=1S/C12H19NO2/c1-2-6-11(13)12(9-14)15-10-7-4-3-5-8-10/h3-5,7-8,11-12,14H,2,6,9,13H2,1H3. The van der Waals surface area contributed by atoms with Crippen molar-refractivity contribution in [3.8, 4) is 5.75 Å². The second-order valence-corrected chi connectivity index (χ2v) is 3.60. The number of benzene rings is 1. The minimum Gasteiger partial charge on any atom is -0.486 e. The maximum atomic E-state index is 9.18. The first kappa shape index (κ1) is 12.0. The van der Waals surface area contributed by atoms with Crippen molar-refractivity contribution in [1.29, 1.82) is 0 Å². The van der Waals surface area contributed by atoms with Crippen LogP contribution in [0.3, 0.4) is 0 Å². The monoisotopic (exact) mass is 209 g/mol. The summed E-state index contributed by atoms with van der Waals surface area (Å²) in [5.41, 5.74) is 5.90. The van der Waals surface area contributed by atoms with Gasteiger partial charge in [0.25, 0.3) is 0 Å². The van der Waals surface area contributed by atoms with Crippen LogP contribution in [0, 0.1) is 0 Å². The van der Waals surface area contributed by atoms with Crippen LogP contribution in [0.4, 0.5) is 0 Å². The van der Waals surface area contributed by atoms with E-state index in [0.29, 0.717) is 0 Å². The van der Waals surface area contributed by atoms with E-state index < -0.39 is 0 Å². The van der Waals surface area contributed by atoms with Crippen molar-refractivity contribution in [2.75, 3.05) is 6.61 Å². The fourth-order valence-corrected chi connectivity index (χ4v) is 1.45. The molecule has 0 saturated carbocycles. The van der Waals surface area contributed by atoms with Gasteiger partial charge < -0.3 is 15.6 Å². The highest BCUT2D eigenvalue weighted by atomic mass is 16.5. The summed E-state index contributed by atoms with van der Waals surface area (Å²) in [6.45, 7) is 2.02. The predicted molar refractivity (Wildman–Crippen MR) is 60.8 cm³/mol. The average molecular weight is 209 g/mol. The highest BCUT2D eigenvalue weighted by molar-refractivity contribution is 5.21. The Morgan fingerprint density at radius 2 is 2.00 bits per heavy atom. The van der Waals surface area contributed by atoms with E-state index in [1.165, 1.54) is 0 Å². The zero-order chi connectivity index (χ0) is 11.1. The summed E-state index contributed by atoms with van der Waals surface area (Å²) in [5, 5.41) is 9.18. The van der Waals surface area contributed by atoms with Crippen LogP contribution in [0.15, 0.2) is 30.3 Å². The van der Waals surface area contributed by atoms with Crippen molar-refractivity contribution < 1.29 is 9.84 Å². The molecule has 3 nitrogen and oxygen atoms in total. The molecular weight excluding hydrogens is 190 g/mol. The molecule has 84 valence electrons. The van der Waals surface area contributed by atoms with Crippen LogP contribution < -0.4 is 10.5 Å². The van der Waals surface area contributed by atoms with Crippen molar-refractivity contribution >= 4 is 0 Å². The van der Waals surface area contributed by atoms with Gasteiger partial charge in [-0.05, 0) is 18.6 Å². The zero-order valence-electron chi connectivity index (χ0n) is 9.10. The number of rotatable bonds is 6. The van der Waals surface area contributed by atoms with E-state index in [2.05, 4.69) is 6.92 Å². The highest BCUT2D eigenvalue weighted by Gasteiger charge is 2.17. The molecule has 0 amide bonds. The number of nitrogens with two attached hydrogens (primary N) is 1. The molecular formula is C12H19NO2. The lowest BCUT2D eigenvalue weighted by Gasteiger charge is -2.22. The van der Waals surface area contributed by atoms with Crippen LogP contribution in [0.1, 0.15) is 19.8 Å². The van der Waals surface area contributed by atoms with E-state index in [1.807, 2.05) is 30.3 Å². The summed E-state index contributed by atoms with van der Waals surface area (Å²) >= 11 is 0. The van der Waals surface area contributed by atoms with Crippen LogP contribution in [-0.4, -0.2) is 23.9 Å². The van der Waals surface area contributed by atoms with E-state index in [0.717, 1.165) is 18.6 Å². The lowest BCUT2D eigenvalue weighted by molar-refractivity contribution is 0.0917. The second-order valence-electron chi connectivity index (χ2n) is 3.60. The van der Waals surface area contributed by atoms with E-state index >= 15 is 0 Å². The molecule has 0 radical (unpaired) electrons. The first-order chi connectivity index (χ1) is 7.27. The molecule has 0 aromatic heterocycles. The topological polar surface area (TPSA) is 55.5 Å². The molecule has 2 unspecified atom stereocenters. The molecule has 0 fully saturated rings. The predicted octanol–water partition coefficient (Wildman–Crippen LogP) is 1.55. The van der Waals surface area contributed by atoms with E-state index in [1.54, 1.807) is 0 Å². The summed E-state index contributed by atoms with van der Waals surface area (Å²) < 4.78 is 5.60. The third kappa shape index (κ3) is 3.90. The molecule has 0 saturated heterocycles. The Bertz CT molecular complexity index is 264. The second kappa shape index (κ2) is 6.43. The Morgan fingerprint density at radius 3 is 2.53 bits per heavy atom. The molecule has 3 N–H and O–H groups in total. The summed E-state index contributed by atoms with van der Waals surface area (Å²) in [4.78, 5) is 0. The van der Waals surface area contributed by atoms with Crippen molar-refractivity contribution in [3.05, 3.63) is 30.3 Å². The van der Waals surface area contributed by atoms with Gasteiger partial charge in [-0.15, -0.1) is 0 Å². The van der Waals surface area contributed by atoms with Gasteiger partial charge in [-0.1, -0.05) is 31.5 Å². The zero-order valence-corrected chi connectivity index (χ0v) is 9.10. The number of para-hydroxylation sites is 1. The minimum absolute atomic E-state index is 0.0456. The van der Waals surface area contributed by atoms with Gasteiger partial charge in [-0.25, -0.2) is 0 Å². The maximum absolute atomic E-state index is 9.18. The molecule has 0 aliphatic heterocycles. The third-order valence-electron chi connectivity index (χ3n) is 2.31. The van der Waals surface area contributed by atoms with Gasteiger partial charge in [0.1, 0.15) is 11.9 Å². The quantitative estimate of drug-likeness (QED) is 0.747. The largest absolute Gasteiger partial charge is 0.486 e. The Balaban J connectivity index is 2.53. The fourth-order valence-electron chi connectivity index (χ4n) is 1.45. The number of ether oxygens (including phenoxy) is 1. The number of hydrogen-bond donors (Lipinski definition) is 2. The van der Waals surface area contributed by atoms with Gasteiger partial charge in [0, 0.05) is 6.04 Å². The number of aliphatic hydroxyl groups is 1. The van der Waals surface area contributed by atoms with Gasteiger partial charge in [0.05, 0.1) is 6.61 Å². The number of hydrogen-bond acceptors (Lipinski definition) is 3. The molecule has 0 bridgehead atoms. The Morgan fingerprint density at radius 1 is 1.33 bits per heavy atom. The Labute approximate surface area is 90.9 Å². The molecule has 3 heteroatoms. The van der Waals surface area contributed by atoms with Crippen LogP contribution in [-0.2, 0) is 0 Å². The highest BCUT2D eigenvalue weighted by Crippen LogP contribution is 2.13. The molecule has 0 aliphatic rings. The molecule has 0 spiro atoms. The number of aliphatic hydroxyl groups excluding tert-OH is 1. The molecule has 15 heavy (non-hydrogen) atoms. The van der Waals surface area contributed by atoms with Crippen LogP contribution in [0.25, 0.3) is 0 Å². The van der Waals surface area contributed by atoms with Crippen LogP contribution in [0.2, 0.25) is 0 Å². The minimum atomic E-state index is -0.313. The normalized spacial score (nSPS) is 14.6. The van der Waals surface area contributed by atoms with Gasteiger partial charge in [0.2, 0.25) is 0 Å². The summed E-state index contributed by atoms with van der Waals surface area (Å²) in [6, 6.07) is 9.33. The summed E-state index contributed by atoms with van der Waals surface area (Å²) in [7, 11) is 0. The van der Waals surface area contributed by atoms with E-state index in [9.17, 15) is 5.11 Å². The Kier molecular flexibility index (Phi) is 5.15. The van der Waals surface area contributed by atoms with Gasteiger partial charge >= 0.3 is 0 Å². The molecule has 1 aromatic carbocycles. The lowest BCUT2D eigenvalue weighted by Crippen LogP contribution is -2.41. The van der Waals surface area contributed by atoms with Crippen molar-refractivity contribution in [2.45, 2.75) is 31.9 Å². The average Bonchev–Trinajstić information content (AvgIpc) is 2.27. The molecule has 0 aliphatic carbocycles. The third-order valence-corrected chi connectivity index (χ3v) is 2.31. The van der Waals surface area contributed by atoms with Gasteiger partial charge in [-0.2, -0.15) is 0 Å². The van der Waals surface area contributed by atoms with Gasteiger partial charge in [-0.3, -0.25) is 0 Å². The SMILES string of the molecule is CCCC(N)C(CO)Oc1ccccc1. The summed E-state index contributed by atoms with van der Waals surface area (Å²) in [6.07, 6.45) is 1.54. The maximum Gasteiger partial charge on any atom is 0.137 e. The van der Waals surface area contributed by atoms with Crippen molar-refractivity contribution in [3.63, 3.8) is 0 Å². The van der Waals surface area contributed by atoms with Crippen LogP contribution in [0.5, 0.6) is 5.75 Å². The first-order valence-electron chi connectivity index (χ1n) is 5.36. The van der Waals surface area contributed by atoms with Crippen LogP contribution >= 0.6 is 0 Å². The molecule has 1 rings (SSSR count). The Hall–Kier alpha value is -1.06. The van der Waals surface area contributed by atoms with Crippen molar-refractivity contribution in [1.82, 2.24) is 0 Å².